The van der Waals surface area contributed by atoms with E-state index in [2.05, 4.69) is 24.9 Å². The van der Waals surface area contributed by atoms with Gasteiger partial charge in [0.15, 0.2) is 17.2 Å². The molecule has 4 aromatic rings. The highest BCUT2D eigenvalue weighted by atomic mass is 16.5. The smallest absolute Gasteiger partial charge is 0.183 e. The number of aromatic nitrogens is 4. The van der Waals surface area contributed by atoms with Crippen LogP contribution in [-0.2, 0) is 4.74 Å². The van der Waals surface area contributed by atoms with Crippen molar-refractivity contribution in [2.45, 2.75) is 19.3 Å². The lowest BCUT2D eigenvalue weighted by atomic mass is 10.1. The normalized spacial score (nSPS) is 14.6. The highest BCUT2D eigenvalue weighted by Gasteiger charge is 2.20. The fourth-order valence-corrected chi connectivity index (χ4v) is 4.13. The van der Waals surface area contributed by atoms with Crippen molar-refractivity contribution >= 4 is 28.2 Å². The van der Waals surface area contributed by atoms with Gasteiger partial charge in [0.2, 0.25) is 0 Å². The molecule has 4 aromatic heterocycles. The Morgan fingerprint density at radius 1 is 1.12 bits per heavy atom. The number of carbonyl (C=O) groups is 1. The first kappa shape index (κ1) is 21.5. The molecule has 9 heteroatoms. The van der Waals surface area contributed by atoms with Crippen molar-refractivity contribution in [3.05, 3.63) is 42.4 Å². The quantitative estimate of drug-likeness (QED) is 0.300. The predicted molar refractivity (Wildman–Crippen MR) is 126 cm³/mol. The molecule has 0 unspecified atom stereocenters. The van der Waals surface area contributed by atoms with Gasteiger partial charge in [0, 0.05) is 25.7 Å². The summed E-state index contributed by atoms with van der Waals surface area (Å²) in [4.78, 5) is 26.1. The molecule has 0 aromatic carbocycles. The molecule has 5 heterocycles. The van der Waals surface area contributed by atoms with E-state index in [1.807, 2.05) is 32.3 Å². The zero-order valence-electron chi connectivity index (χ0n) is 19.0. The standard InChI is InChI=1S/C24H28N6O3/c1-28(2)10-4-3-5-20(31)18-6-7-23-26-16-19(30(23)27-18)22-15-17-21(33-22)8-9-25-24(17)29-11-13-32-14-12-29/h6-9,15-16H,3-5,10-14H2,1-2H3. The lowest BCUT2D eigenvalue weighted by Crippen LogP contribution is -2.36. The number of unbranched alkanes of at least 4 members (excludes halogenated alkanes) is 1. The number of imidazole rings is 1. The topological polar surface area (TPSA) is 89.0 Å². The summed E-state index contributed by atoms with van der Waals surface area (Å²) in [6, 6.07) is 7.42. The molecule has 5 rings (SSSR count). The Labute approximate surface area is 192 Å². The number of hydrogen-bond donors (Lipinski definition) is 0. The fourth-order valence-electron chi connectivity index (χ4n) is 4.13. The number of pyridine rings is 1. The molecular weight excluding hydrogens is 420 g/mol. The second kappa shape index (κ2) is 9.29. The molecule has 0 aliphatic carbocycles. The summed E-state index contributed by atoms with van der Waals surface area (Å²) in [7, 11) is 4.08. The number of fused-ring (bicyclic) bond motifs is 2. The van der Waals surface area contributed by atoms with Gasteiger partial charge in [-0.05, 0) is 57.7 Å². The summed E-state index contributed by atoms with van der Waals surface area (Å²) < 4.78 is 13.3. The molecule has 0 bridgehead atoms. The van der Waals surface area contributed by atoms with Crippen LogP contribution in [0.5, 0.6) is 0 Å². The van der Waals surface area contributed by atoms with Crippen LogP contribution in [0.4, 0.5) is 5.82 Å². The van der Waals surface area contributed by atoms with Crippen LogP contribution >= 0.6 is 0 Å². The first-order valence-corrected chi connectivity index (χ1v) is 11.3. The number of ketones is 1. The third-order valence-corrected chi connectivity index (χ3v) is 5.89. The van der Waals surface area contributed by atoms with E-state index < -0.39 is 0 Å². The molecule has 0 atom stereocenters. The first-order chi connectivity index (χ1) is 16.1. The lowest BCUT2D eigenvalue weighted by Gasteiger charge is -2.28. The van der Waals surface area contributed by atoms with Crippen molar-refractivity contribution < 1.29 is 13.9 Å². The van der Waals surface area contributed by atoms with Crippen molar-refractivity contribution in [2.75, 3.05) is 51.8 Å². The number of nitrogens with zero attached hydrogens (tertiary/aromatic N) is 6. The zero-order valence-corrected chi connectivity index (χ0v) is 19.0. The Hall–Kier alpha value is -3.30. The predicted octanol–water partition coefficient (Wildman–Crippen LogP) is 3.29. The van der Waals surface area contributed by atoms with Gasteiger partial charge in [0.1, 0.15) is 22.8 Å². The Kier molecular flexibility index (Phi) is 6.06. The minimum atomic E-state index is 0.0405. The van der Waals surface area contributed by atoms with Crippen LogP contribution < -0.4 is 4.90 Å². The van der Waals surface area contributed by atoms with Gasteiger partial charge in [-0.3, -0.25) is 4.79 Å². The molecule has 9 nitrogen and oxygen atoms in total. The summed E-state index contributed by atoms with van der Waals surface area (Å²) in [5.41, 5.74) is 2.57. The molecule has 1 fully saturated rings. The number of morpholine rings is 1. The Morgan fingerprint density at radius 2 is 1.97 bits per heavy atom. The molecule has 33 heavy (non-hydrogen) atoms. The monoisotopic (exact) mass is 448 g/mol. The molecule has 172 valence electrons. The minimum Gasteiger partial charge on any atom is -0.454 e. The van der Waals surface area contributed by atoms with Crippen LogP contribution in [0.15, 0.2) is 41.1 Å². The van der Waals surface area contributed by atoms with Crippen LogP contribution in [0.2, 0.25) is 0 Å². The zero-order chi connectivity index (χ0) is 22.8. The Balaban J connectivity index is 1.44. The summed E-state index contributed by atoms with van der Waals surface area (Å²) in [5, 5.41) is 5.54. The van der Waals surface area contributed by atoms with Crippen molar-refractivity contribution in [3.8, 4) is 11.5 Å². The number of furan rings is 1. The maximum atomic E-state index is 12.7. The van der Waals surface area contributed by atoms with Gasteiger partial charge < -0.3 is 19.0 Å². The number of carbonyl (C=O) groups excluding carboxylic acids is 1. The summed E-state index contributed by atoms with van der Waals surface area (Å²) in [6.07, 6.45) is 5.80. The highest BCUT2D eigenvalue weighted by molar-refractivity contribution is 5.94. The van der Waals surface area contributed by atoms with Gasteiger partial charge in [0.25, 0.3) is 0 Å². The molecule has 0 spiro atoms. The number of hydrogen-bond acceptors (Lipinski definition) is 8. The van der Waals surface area contributed by atoms with E-state index in [9.17, 15) is 4.79 Å². The van der Waals surface area contributed by atoms with Crippen LogP contribution in [0.3, 0.4) is 0 Å². The third kappa shape index (κ3) is 4.46. The molecule has 0 N–H and O–H groups in total. The van der Waals surface area contributed by atoms with E-state index in [0.717, 1.165) is 49.3 Å². The second-order valence-corrected chi connectivity index (χ2v) is 8.57. The van der Waals surface area contributed by atoms with Crippen LogP contribution in [0, 0.1) is 0 Å². The summed E-state index contributed by atoms with van der Waals surface area (Å²) >= 11 is 0. The van der Waals surface area contributed by atoms with Crippen molar-refractivity contribution in [1.82, 2.24) is 24.5 Å². The maximum Gasteiger partial charge on any atom is 0.183 e. The Morgan fingerprint density at radius 3 is 2.79 bits per heavy atom. The second-order valence-electron chi connectivity index (χ2n) is 8.57. The molecule has 1 saturated heterocycles. The third-order valence-electron chi connectivity index (χ3n) is 5.89. The molecule has 0 saturated carbocycles. The number of rotatable bonds is 8. The summed E-state index contributed by atoms with van der Waals surface area (Å²) in [6.45, 7) is 3.93. The van der Waals surface area contributed by atoms with E-state index in [0.29, 0.717) is 42.4 Å². The lowest BCUT2D eigenvalue weighted by molar-refractivity contribution is 0.0972. The van der Waals surface area contributed by atoms with Crippen LogP contribution in [0.25, 0.3) is 28.1 Å². The first-order valence-electron chi connectivity index (χ1n) is 11.3. The van der Waals surface area contributed by atoms with Gasteiger partial charge in [-0.15, -0.1) is 0 Å². The number of ether oxygens (including phenoxy) is 1. The molecule has 0 radical (unpaired) electrons. The van der Waals surface area contributed by atoms with E-state index in [1.165, 1.54) is 0 Å². The van der Waals surface area contributed by atoms with Crippen molar-refractivity contribution in [1.29, 1.82) is 0 Å². The minimum absolute atomic E-state index is 0.0405. The number of anilines is 1. The van der Waals surface area contributed by atoms with Gasteiger partial charge in [-0.2, -0.15) is 5.10 Å². The maximum absolute atomic E-state index is 12.7. The SMILES string of the molecule is CN(C)CCCCC(=O)c1ccc2ncc(-c3cc4c(N5CCOCC5)nccc4o3)n2n1. The number of Topliss-reactive ketones (excluding diaryl/α,β-unsaturated/α-hetero) is 1. The van der Waals surface area contributed by atoms with Gasteiger partial charge in [-0.25, -0.2) is 14.5 Å². The van der Waals surface area contributed by atoms with Gasteiger partial charge in [0.05, 0.1) is 24.8 Å². The molecular formula is C24H28N6O3. The highest BCUT2D eigenvalue weighted by Crippen LogP contribution is 2.33. The average Bonchev–Trinajstić information content (AvgIpc) is 3.45. The fraction of sp³-hybridized carbons (Fsp3) is 0.417. The van der Waals surface area contributed by atoms with E-state index >= 15 is 0 Å². The average molecular weight is 449 g/mol. The molecule has 1 aliphatic rings. The van der Waals surface area contributed by atoms with Crippen molar-refractivity contribution in [3.63, 3.8) is 0 Å². The molecule has 0 amide bonds. The van der Waals surface area contributed by atoms with Gasteiger partial charge in [-0.1, -0.05) is 0 Å². The van der Waals surface area contributed by atoms with Crippen LogP contribution in [-0.4, -0.2) is 77.2 Å². The largest absolute Gasteiger partial charge is 0.454 e. The summed E-state index contributed by atoms with van der Waals surface area (Å²) in [5.74, 6) is 1.57. The van der Waals surface area contributed by atoms with Crippen molar-refractivity contribution in [2.24, 2.45) is 0 Å². The van der Waals surface area contributed by atoms with E-state index in [1.54, 1.807) is 23.0 Å². The van der Waals surface area contributed by atoms with Crippen LogP contribution in [0.1, 0.15) is 29.8 Å². The molecule has 1 aliphatic heterocycles. The Bertz CT molecular complexity index is 1270. The van der Waals surface area contributed by atoms with Gasteiger partial charge >= 0.3 is 0 Å². The van der Waals surface area contributed by atoms with E-state index in [-0.39, 0.29) is 5.78 Å². The van der Waals surface area contributed by atoms with E-state index in [4.69, 9.17) is 9.15 Å².